The van der Waals surface area contributed by atoms with Gasteiger partial charge in [0, 0.05) is 18.3 Å². The Labute approximate surface area is 198 Å². The van der Waals surface area contributed by atoms with Crippen LogP contribution in [0, 0.1) is 6.92 Å². The maximum absolute atomic E-state index is 14.5. The first-order valence-electron chi connectivity index (χ1n) is 11.2. The van der Waals surface area contributed by atoms with Gasteiger partial charge in [0.1, 0.15) is 11.3 Å². The molecule has 1 fully saturated rings. The van der Waals surface area contributed by atoms with Gasteiger partial charge in [-0.1, -0.05) is 6.07 Å². The number of piperidine rings is 1. The summed E-state index contributed by atoms with van der Waals surface area (Å²) in [5.41, 5.74) is 3.18. The van der Waals surface area contributed by atoms with Crippen LogP contribution in [0.4, 0.5) is 23.5 Å². The van der Waals surface area contributed by atoms with Crippen molar-refractivity contribution in [3.8, 4) is 17.0 Å². The Morgan fingerprint density at radius 3 is 2.74 bits per heavy atom. The zero-order chi connectivity index (χ0) is 24.9. The minimum absolute atomic E-state index is 0.0341. The molecule has 4 aromatic rings. The first-order chi connectivity index (χ1) is 16.7. The zero-order valence-electron chi connectivity index (χ0n) is 19.5. The summed E-state index contributed by atoms with van der Waals surface area (Å²) in [5, 5.41) is 7.16. The number of imidazole rings is 1. The topological polar surface area (TPSA) is 72.5 Å². The summed E-state index contributed by atoms with van der Waals surface area (Å²) in [7, 11) is 3.10. The average molecular weight is 491 g/mol. The van der Waals surface area contributed by atoms with Gasteiger partial charge in [-0.15, -0.1) is 5.10 Å². The summed E-state index contributed by atoms with van der Waals surface area (Å²) in [6.45, 7) is 1.42. The van der Waals surface area contributed by atoms with Gasteiger partial charge < -0.3 is 19.5 Å². The third-order valence-electron chi connectivity index (χ3n) is 6.34. The molecule has 4 heterocycles. The Hall–Kier alpha value is -3.41. The Bertz CT molecular complexity index is 1380. The molecule has 0 amide bonds. The normalized spacial score (nSPS) is 18.6. The minimum atomic E-state index is -2.94. The molecule has 0 aliphatic carbocycles. The molecule has 1 atom stereocenters. The van der Waals surface area contributed by atoms with E-state index < -0.39 is 24.9 Å². The highest BCUT2D eigenvalue weighted by molar-refractivity contribution is 5.89. The molecule has 1 aliphatic heterocycles. The van der Waals surface area contributed by atoms with Crippen LogP contribution in [-0.4, -0.2) is 74.7 Å². The quantitative estimate of drug-likeness (QED) is 0.410. The van der Waals surface area contributed by atoms with Crippen molar-refractivity contribution in [3.63, 3.8) is 0 Å². The summed E-state index contributed by atoms with van der Waals surface area (Å²) in [5.74, 6) is -2.20. The van der Waals surface area contributed by atoms with Crippen molar-refractivity contribution in [3.05, 3.63) is 36.3 Å². The molecule has 0 bridgehead atoms. The number of fused-ring (bicyclic) bond motifs is 2. The Morgan fingerprint density at radius 1 is 1.23 bits per heavy atom. The number of hydrogen-bond donors (Lipinski definition) is 1. The van der Waals surface area contributed by atoms with Crippen LogP contribution in [0.25, 0.3) is 27.7 Å². The molecule has 1 saturated heterocycles. The van der Waals surface area contributed by atoms with E-state index in [0.29, 0.717) is 34.5 Å². The van der Waals surface area contributed by atoms with Crippen molar-refractivity contribution >= 4 is 22.5 Å². The largest absolute Gasteiger partial charge is 0.479 e. The molecule has 3 aromatic heterocycles. The second-order valence-electron chi connectivity index (χ2n) is 8.82. The molecule has 186 valence electrons. The second kappa shape index (κ2) is 8.67. The number of rotatable bonds is 6. The smallest absolute Gasteiger partial charge is 0.280 e. The highest BCUT2D eigenvalue weighted by Gasteiger charge is 2.44. The molecule has 8 nitrogen and oxygen atoms in total. The fourth-order valence-electron chi connectivity index (χ4n) is 4.65. The summed E-state index contributed by atoms with van der Waals surface area (Å²) >= 11 is 0. The molecule has 0 spiro atoms. The number of aromatic nitrogens is 5. The first kappa shape index (κ1) is 23.3. The zero-order valence-corrected chi connectivity index (χ0v) is 19.5. The van der Waals surface area contributed by atoms with Gasteiger partial charge in [-0.3, -0.25) is 0 Å². The van der Waals surface area contributed by atoms with Gasteiger partial charge in [-0.05, 0) is 44.2 Å². The van der Waals surface area contributed by atoms with Crippen molar-refractivity contribution < 1.29 is 22.3 Å². The van der Waals surface area contributed by atoms with E-state index in [1.807, 2.05) is 6.07 Å². The number of nitrogens with zero attached hydrogens (tertiary/aromatic N) is 6. The number of halogens is 4. The van der Waals surface area contributed by atoms with Gasteiger partial charge in [0.15, 0.2) is 0 Å². The summed E-state index contributed by atoms with van der Waals surface area (Å²) in [4.78, 5) is 10.3. The Kier molecular flexibility index (Phi) is 5.78. The second-order valence-corrected chi connectivity index (χ2v) is 8.82. The summed E-state index contributed by atoms with van der Waals surface area (Å²) in [6.07, 6.45) is -0.587. The lowest BCUT2D eigenvalue weighted by Gasteiger charge is -2.36. The van der Waals surface area contributed by atoms with E-state index in [2.05, 4.69) is 20.4 Å². The molecule has 0 saturated carbocycles. The number of hydrogen-bond acceptors (Lipinski definition) is 6. The van der Waals surface area contributed by atoms with Gasteiger partial charge in [-0.25, -0.2) is 27.1 Å². The average Bonchev–Trinajstić information content (AvgIpc) is 3.35. The fraction of sp³-hybridized carbons (Fsp3) is 0.435. The maximum Gasteiger partial charge on any atom is 0.280 e. The van der Waals surface area contributed by atoms with Crippen molar-refractivity contribution in [2.24, 2.45) is 0 Å². The standard InChI is InChI=1S/C23H25F4N7O/c1-13-28-16-5-4-14(10-17(16)33(13)11-19(24)25)15-6-9-34-20(15)21(35-3)30-22(31-34)29-18-7-8-32(2)12-23(18,26)27/h4-6,9-10,18-19H,7-8,11-12H2,1-3H3,(H,29,31)/t18-/m1/s1. The first-order valence-corrected chi connectivity index (χ1v) is 11.2. The molecule has 35 heavy (non-hydrogen) atoms. The van der Waals surface area contributed by atoms with E-state index >= 15 is 0 Å². The van der Waals surface area contributed by atoms with E-state index in [-0.39, 0.29) is 24.8 Å². The molecular weight excluding hydrogens is 466 g/mol. The molecule has 1 N–H and O–H groups in total. The predicted molar refractivity (Wildman–Crippen MR) is 123 cm³/mol. The lowest BCUT2D eigenvalue weighted by atomic mass is 10.0. The number of likely N-dealkylation sites (tertiary alicyclic amines) is 1. The van der Waals surface area contributed by atoms with Crippen LogP contribution in [0.3, 0.4) is 0 Å². The number of ether oxygens (including phenoxy) is 1. The van der Waals surface area contributed by atoms with Crippen molar-refractivity contribution in [1.29, 1.82) is 0 Å². The van der Waals surface area contributed by atoms with Gasteiger partial charge in [-0.2, -0.15) is 4.98 Å². The third-order valence-corrected chi connectivity index (χ3v) is 6.34. The van der Waals surface area contributed by atoms with Crippen LogP contribution in [0.15, 0.2) is 30.5 Å². The molecule has 0 unspecified atom stereocenters. The van der Waals surface area contributed by atoms with Gasteiger partial charge in [0.25, 0.3) is 12.3 Å². The van der Waals surface area contributed by atoms with E-state index in [1.54, 1.807) is 43.3 Å². The molecule has 1 aliphatic rings. The Morgan fingerprint density at radius 2 is 2.03 bits per heavy atom. The van der Waals surface area contributed by atoms with E-state index in [4.69, 9.17) is 4.74 Å². The molecule has 0 radical (unpaired) electrons. The lowest BCUT2D eigenvalue weighted by molar-refractivity contribution is -0.0675. The van der Waals surface area contributed by atoms with E-state index in [1.165, 1.54) is 16.2 Å². The van der Waals surface area contributed by atoms with E-state index in [0.717, 1.165) is 5.56 Å². The summed E-state index contributed by atoms with van der Waals surface area (Å²) in [6, 6.07) is 6.09. The summed E-state index contributed by atoms with van der Waals surface area (Å²) < 4.78 is 63.8. The van der Waals surface area contributed by atoms with Gasteiger partial charge in [0.2, 0.25) is 11.8 Å². The van der Waals surface area contributed by atoms with Crippen LogP contribution in [0.2, 0.25) is 0 Å². The third kappa shape index (κ3) is 4.26. The van der Waals surface area contributed by atoms with Crippen molar-refractivity contribution in [2.75, 3.05) is 32.6 Å². The minimum Gasteiger partial charge on any atom is -0.479 e. The molecular formula is C23H25F4N7O. The van der Waals surface area contributed by atoms with Crippen molar-refractivity contribution in [1.82, 2.24) is 29.0 Å². The monoisotopic (exact) mass is 491 g/mol. The number of methoxy groups -OCH3 is 1. The van der Waals surface area contributed by atoms with Crippen LogP contribution in [0.5, 0.6) is 5.88 Å². The number of alkyl halides is 4. The van der Waals surface area contributed by atoms with Gasteiger partial charge >= 0.3 is 0 Å². The molecule has 5 rings (SSSR count). The van der Waals surface area contributed by atoms with Crippen molar-refractivity contribution in [2.45, 2.75) is 38.3 Å². The van der Waals surface area contributed by atoms with Crippen LogP contribution in [0.1, 0.15) is 12.2 Å². The highest BCUT2D eigenvalue weighted by Crippen LogP contribution is 2.34. The number of aryl methyl sites for hydroxylation is 1. The SMILES string of the molecule is COc1nc(N[C@@H]2CCN(C)CC2(F)F)nn2ccc(-c3ccc4nc(C)n(CC(F)F)c4c3)c12. The number of anilines is 1. The van der Waals surface area contributed by atoms with Crippen LogP contribution < -0.4 is 10.1 Å². The predicted octanol–water partition coefficient (Wildman–Crippen LogP) is 4.08. The van der Waals surface area contributed by atoms with E-state index in [9.17, 15) is 17.6 Å². The van der Waals surface area contributed by atoms with Crippen LogP contribution in [-0.2, 0) is 6.54 Å². The lowest BCUT2D eigenvalue weighted by Crippen LogP contribution is -2.53. The highest BCUT2D eigenvalue weighted by atomic mass is 19.3. The fourth-order valence-corrected chi connectivity index (χ4v) is 4.65. The Balaban J connectivity index is 1.54. The molecule has 12 heteroatoms. The number of nitrogens with one attached hydrogen (secondary N) is 1. The van der Waals surface area contributed by atoms with Gasteiger partial charge in [0.05, 0.1) is 37.3 Å². The molecule has 1 aromatic carbocycles. The van der Waals surface area contributed by atoms with Crippen LogP contribution >= 0.6 is 0 Å². The number of benzene rings is 1. The maximum atomic E-state index is 14.5.